The minimum absolute atomic E-state index is 0.00973. The number of pyridine rings is 1. The van der Waals surface area contributed by atoms with Crippen LogP contribution in [0.4, 0.5) is 0 Å². The summed E-state index contributed by atoms with van der Waals surface area (Å²) in [6.45, 7) is 1.89. The number of aromatic nitrogens is 3. The van der Waals surface area contributed by atoms with E-state index in [4.69, 9.17) is 16.1 Å². The molecule has 2 aromatic heterocycles. The third-order valence-corrected chi connectivity index (χ3v) is 3.04. The van der Waals surface area contributed by atoms with Gasteiger partial charge >= 0.3 is 0 Å². The van der Waals surface area contributed by atoms with Gasteiger partial charge in [-0.25, -0.2) is 4.98 Å². The zero-order chi connectivity index (χ0) is 14.1. The molecule has 0 bridgehead atoms. The molecule has 0 fully saturated rings. The molecule has 0 radical (unpaired) electrons. The summed E-state index contributed by atoms with van der Waals surface area (Å²) in [5.41, 5.74) is 2.16. The van der Waals surface area contributed by atoms with Gasteiger partial charge in [-0.2, -0.15) is 4.98 Å². The third kappa shape index (κ3) is 2.35. The Hall–Kier alpha value is -2.40. The molecule has 100 valence electrons. The van der Waals surface area contributed by atoms with Gasteiger partial charge in [0.05, 0.1) is 5.02 Å². The van der Waals surface area contributed by atoms with Gasteiger partial charge in [-0.15, -0.1) is 0 Å². The van der Waals surface area contributed by atoms with Gasteiger partial charge in [0.2, 0.25) is 5.82 Å². The van der Waals surface area contributed by atoms with Crippen molar-refractivity contribution in [2.45, 2.75) is 6.92 Å². The first-order chi connectivity index (χ1) is 9.63. The summed E-state index contributed by atoms with van der Waals surface area (Å²) in [4.78, 5) is 8.61. The van der Waals surface area contributed by atoms with E-state index in [0.29, 0.717) is 23.0 Å². The smallest absolute Gasteiger partial charge is 0.258 e. The van der Waals surface area contributed by atoms with Gasteiger partial charge in [0.1, 0.15) is 11.4 Å². The van der Waals surface area contributed by atoms with Crippen molar-refractivity contribution in [3.8, 4) is 28.7 Å². The average molecular weight is 288 g/mol. The summed E-state index contributed by atoms with van der Waals surface area (Å²) in [5, 5.41) is 13.5. The number of rotatable bonds is 2. The number of phenols is 1. The van der Waals surface area contributed by atoms with Gasteiger partial charge in [-0.1, -0.05) is 22.8 Å². The molecular weight excluding hydrogens is 278 g/mol. The molecule has 0 amide bonds. The second-order valence-corrected chi connectivity index (χ2v) is 4.66. The van der Waals surface area contributed by atoms with Crippen LogP contribution in [-0.4, -0.2) is 20.2 Å². The lowest BCUT2D eigenvalue weighted by Gasteiger charge is -1.97. The van der Waals surface area contributed by atoms with E-state index < -0.39 is 0 Å². The van der Waals surface area contributed by atoms with Crippen molar-refractivity contribution in [3.63, 3.8) is 0 Å². The Morgan fingerprint density at radius 1 is 1.15 bits per heavy atom. The van der Waals surface area contributed by atoms with E-state index in [1.165, 1.54) is 6.07 Å². The van der Waals surface area contributed by atoms with E-state index >= 15 is 0 Å². The molecule has 6 heteroatoms. The van der Waals surface area contributed by atoms with Crippen LogP contribution in [0.3, 0.4) is 0 Å². The number of aryl methyl sites for hydroxylation is 1. The third-order valence-electron chi connectivity index (χ3n) is 2.74. The Labute approximate surface area is 119 Å². The molecule has 0 saturated carbocycles. The largest absolute Gasteiger partial charge is 0.506 e. The highest BCUT2D eigenvalue weighted by Crippen LogP contribution is 2.29. The molecule has 0 spiro atoms. The van der Waals surface area contributed by atoms with Crippen molar-refractivity contribution in [1.82, 2.24) is 15.1 Å². The normalized spacial score (nSPS) is 10.7. The first-order valence-electron chi connectivity index (χ1n) is 5.90. The topological polar surface area (TPSA) is 72.0 Å². The SMILES string of the molecule is Cc1cccc(-c2noc(-c3ccc(O)c(Cl)c3)n2)n1. The molecule has 3 rings (SSSR count). The van der Waals surface area contributed by atoms with Crippen molar-refractivity contribution >= 4 is 11.6 Å². The van der Waals surface area contributed by atoms with Crippen LogP contribution in [0.15, 0.2) is 40.9 Å². The van der Waals surface area contributed by atoms with Crippen LogP contribution < -0.4 is 0 Å². The lowest BCUT2D eigenvalue weighted by Crippen LogP contribution is -1.87. The number of hydrogen-bond donors (Lipinski definition) is 1. The molecule has 0 saturated heterocycles. The van der Waals surface area contributed by atoms with Crippen LogP contribution in [0.2, 0.25) is 5.02 Å². The van der Waals surface area contributed by atoms with Gasteiger partial charge in [0.15, 0.2) is 0 Å². The highest BCUT2D eigenvalue weighted by atomic mass is 35.5. The highest BCUT2D eigenvalue weighted by Gasteiger charge is 2.12. The van der Waals surface area contributed by atoms with Crippen molar-refractivity contribution in [2.24, 2.45) is 0 Å². The van der Waals surface area contributed by atoms with E-state index in [9.17, 15) is 5.11 Å². The minimum atomic E-state index is 0.00973. The second-order valence-electron chi connectivity index (χ2n) is 4.25. The molecule has 0 unspecified atom stereocenters. The van der Waals surface area contributed by atoms with Crippen LogP contribution in [-0.2, 0) is 0 Å². The fourth-order valence-electron chi connectivity index (χ4n) is 1.75. The first kappa shape index (κ1) is 12.6. The number of aromatic hydroxyl groups is 1. The maximum absolute atomic E-state index is 9.40. The summed E-state index contributed by atoms with van der Waals surface area (Å²) >= 11 is 5.86. The van der Waals surface area contributed by atoms with Crippen molar-refractivity contribution in [3.05, 3.63) is 47.1 Å². The summed E-state index contributed by atoms with van der Waals surface area (Å²) in [7, 11) is 0. The van der Waals surface area contributed by atoms with Crippen LogP contribution in [0.25, 0.3) is 23.0 Å². The van der Waals surface area contributed by atoms with Crippen LogP contribution >= 0.6 is 11.6 Å². The minimum Gasteiger partial charge on any atom is -0.506 e. The maximum Gasteiger partial charge on any atom is 0.258 e. The summed E-state index contributed by atoms with van der Waals surface area (Å²) < 4.78 is 5.20. The Morgan fingerprint density at radius 2 is 2.00 bits per heavy atom. The quantitative estimate of drug-likeness (QED) is 0.781. The number of hydrogen-bond acceptors (Lipinski definition) is 5. The maximum atomic E-state index is 9.40. The lowest BCUT2D eigenvalue weighted by molar-refractivity contribution is 0.432. The van der Waals surface area contributed by atoms with Crippen molar-refractivity contribution in [1.29, 1.82) is 0 Å². The van der Waals surface area contributed by atoms with Gasteiger partial charge in [-0.05, 0) is 37.3 Å². The number of benzene rings is 1. The fraction of sp³-hybridized carbons (Fsp3) is 0.0714. The predicted molar refractivity (Wildman–Crippen MR) is 74.4 cm³/mol. The molecule has 1 aromatic carbocycles. The molecule has 2 heterocycles. The molecule has 0 atom stereocenters. The number of nitrogens with zero attached hydrogens (tertiary/aromatic N) is 3. The Morgan fingerprint density at radius 3 is 2.75 bits per heavy atom. The molecule has 5 nitrogen and oxygen atoms in total. The van der Waals surface area contributed by atoms with Crippen LogP contribution in [0, 0.1) is 6.92 Å². The molecular formula is C14H10ClN3O2. The van der Waals surface area contributed by atoms with Crippen molar-refractivity contribution < 1.29 is 9.63 Å². The first-order valence-corrected chi connectivity index (χ1v) is 6.28. The van der Waals surface area contributed by atoms with Gasteiger partial charge in [-0.3, -0.25) is 0 Å². The van der Waals surface area contributed by atoms with Gasteiger partial charge in [0.25, 0.3) is 5.89 Å². The second kappa shape index (κ2) is 4.94. The Kier molecular flexibility index (Phi) is 3.12. The summed E-state index contributed by atoms with van der Waals surface area (Å²) in [6, 6.07) is 10.3. The summed E-state index contributed by atoms with van der Waals surface area (Å²) in [6.07, 6.45) is 0. The van der Waals surface area contributed by atoms with Crippen LogP contribution in [0.1, 0.15) is 5.69 Å². The lowest BCUT2D eigenvalue weighted by atomic mass is 10.2. The van der Waals surface area contributed by atoms with E-state index in [1.54, 1.807) is 12.1 Å². The number of halogens is 1. The molecule has 1 N–H and O–H groups in total. The molecule has 20 heavy (non-hydrogen) atoms. The monoisotopic (exact) mass is 287 g/mol. The molecule has 0 aliphatic carbocycles. The van der Waals surface area contributed by atoms with E-state index in [1.807, 2.05) is 25.1 Å². The predicted octanol–water partition coefficient (Wildman–Crippen LogP) is 3.47. The van der Waals surface area contributed by atoms with E-state index in [0.717, 1.165) is 5.69 Å². The van der Waals surface area contributed by atoms with E-state index in [-0.39, 0.29) is 10.8 Å². The summed E-state index contributed by atoms with van der Waals surface area (Å²) in [5.74, 6) is 0.744. The zero-order valence-corrected chi connectivity index (χ0v) is 11.3. The Balaban J connectivity index is 1.99. The molecule has 0 aliphatic rings. The molecule has 0 aliphatic heterocycles. The van der Waals surface area contributed by atoms with Crippen molar-refractivity contribution in [2.75, 3.05) is 0 Å². The fourth-order valence-corrected chi connectivity index (χ4v) is 1.93. The van der Waals surface area contributed by atoms with Crippen LogP contribution in [0.5, 0.6) is 5.75 Å². The molecule has 3 aromatic rings. The highest BCUT2D eigenvalue weighted by molar-refractivity contribution is 6.32. The van der Waals surface area contributed by atoms with Gasteiger partial charge < -0.3 is 9.63 Å². The number of phenolic OH excluding ortho intramolecular Hbond substituents is 1. The average Bonchev–Trinajstić information content (AvgIpc) is 2.92. The zero-order valence-electron chi connectivity index (χ0n) is 10.5. The van der Waals surface area contributed by atoms with Gasteiger partial charge in [0, 0.05) is 11.3 Å². The van der Waals surface area contributed by atoms with E-state index in [2.05, 4.69) is 15.1 Å². The Bertz CT molecular complexity index is 771. The standard InChI is InChI=1S/C14H10ClN3O2/c1-8-3-2-4-11(16-8)13-17-14(20-18-13)9-5-6-12(19)10(15)7-9/h2-7,19H,1H3.